The van der Waals surface area contributed by atoms with E-state index in [0.29, 0.717) is 16.8 Å². The van der Waals surface area contributed by atoms with Crippen molar-refractivity contribution in [2.75, 3.05) is 5.73 Å². The van der Waals surface area contributed by atoms with Crippen LogP contribution >= 0.6 is 11.6 Å². The molecule has 0 spiro atoms. The van der Waals surface area contributed by atoms with Gasteiger partial charge in [0.2, 0.25) is 0 Å². The summed E-state index contributed by atoms with van der Waals surface area (Å²) in [4.78, 5) is 11.7. The van der Waals surface area contributed by atoms with Crippen molar-refractivity contribution in [1.82, 2.24) is 4.57 Å². The Kier molecular flexibility index (Phi) is 4.46. The van der Waals surface area contributed by atoms with E-state index in [2.05, 4.69) is 0 Å². The average Bonchev–Trinajstić information content (AvgIpc) is 2.55. The fourth-order valence-electron chi connectivity index (χ4n) is 2.33. The summed E-state index contributed by atoms with van der Waals surface area (Å²) in [6.45, 7) is 0. The van der Waals surface area contributed by atoms with Crippen LogP contribution in [0.25, 0.3) is 11.1 Å². The molecule has 2 aromatic carbocycles. The molecule has 1 heterocycles. The number of pyridine rings is 1. The van der Waals surface area contributed by atoms with Crippen LogP contribution in [0.1, 0.15) is 0 Å². The highest BCUT2D eigenvalue weighted by Crippen LogP contribution is 2.38. The summed E-state index contributed by atoms with van der Waals surface area (Å²) in [6, 6.07) is 9.00. The maximum absolute atomic E-state index is 13.9. The molecule has 0 fully saturated rings. The van der Waals surface area contributed by atoms with E-state index < -0.39 is 11.6 Å². The molecule has 0 radical (unpaired) electrons. The minimum absolute atomic E-state index is 0.145. The van der Waals surface area contributed by atoms with Crippen LogP contribution in [0.15, 0.2) is 53.5 Å². The molecule has 2 N–H and O–H groups in total. The Morgan fingerprint density at radius 2 is 1.76 bits per heavy atom. The maximum Gasteiger partial charge on any atom is 0.251 e. The van der Waals surface area contributed by atoms with Gasteiger partial charge in [-0.25, -0.2) is 8.78 Å². The van der Waals surface area contributed by atoms with Gasteiger partial charge in [0.1, 0.15) is 11.6 Å². The number of hydrogen-bond acceptors (Lipinski definition) is 3. The number of rotatable bonds is 3. The summed E-state index contributed by atoms with van der Waals surface area (Å²) < 4.78 is 33.9. The van der Waals surface area contributed by atoms with E-state index in [1.807, 2.05) is 0 Å². The first kappa shape index (κ1) is 17.0. The van der Waals surface area contributed by atoms with Crippen molar-refractivity contribution < 1.29 is 13.5 Å². The van der Waals surface area contributed by atoms with Gasteiger partial charge in [0.15, 0.2) is 11.6 Å². The lowest BCUT2D eigenvalue weighted by molar-refractivity contribution is 0.439. The van der Waals surface area contributed by atoms with Crippen LogP contribution in [0.3, 0.4) is 0 Å². The lowest BCUT2D eigenvalue weighted by Crippen LogP contribution is -2.14. The first-order chi connectivity index (χ1) is 11.8. The summed E-state index contributed by atoms with van der Waals surface area (Å²) in [5, 5.41) is 0.207. The number of nitrogens with zero attached hydrogens (tertiary/aromatic N) is 1. The molecule has 3 rings (SSSR count). The molecule has 0 atom stereocenters. The highest BCUT2D eigenvalue weighted by atomic mass is 35.5. The van der Waals surface area contributed by atoms with E-state index in [9.17, 15) is 13.6 Å². The lowest BCUT2D eigenvalue weighted by Gasteiger charge is -2.14. The highest BCUT2D eigenvalue weighted by molar-refractivity contribution is 6.33. The van der Waals surface area contributed by atoms with E-state index in [1.54, 1.807) is 25.2 Å². The second kappa shape index (κ2) is 6.57. The molecular formula is C18H13ClF2N2O2. The van der Waals surface area contributed by atoms with Gasteiger partial charge in [-0.2, -0.15) is 0 Å². The SMILES string of the molecule is Cn1cc(-c2cc(N)ccc2Oc2ccc(F)cc2F)c(Cl)cc1=O. The third-order valence-corrected chi connectivity index (χ3v) is 3.90. The summed E-state index contributed by atoms with van der Waals surface area (Å²) in [5.74, 6) is -1.42. The largest absolute Gasteiger partial charge is 0.454 e. The Balaban J connectivity index is 2.13. The van der Waals surface area contributed by atoms with Crippen LogP contribution in [0.5, 0.6) is 11.5 Å². The molecule has 1 aromatic heterocycles. The van der Waals surface area contributed by atoms with E-state index in [0.717, 1.165) is 12.1 Å². The summed E-state index contributed by atoms with van der Waals surface area (Å²) in [6.07, 6.45) is 1.54. The second-order valence-electron chi connectivity index (χ2n) is 5.42. The third kappa shape index (κ3) is 3.49. The van der Waals surface area contributed by atoms with Crippen molar-refractivity contribution in [2.24, 2.45) is 7.05 Å². The monoisotopic (exact) mass is 362 g/mol. The smallest absolute Gasteiger partial charge is 0.251 e. The normalized spacial score (nSPS) is 10.7. The molecule has 0 amide bonds. The molecule has 7 heteroatoms. The van der Waals surface area contributed by atoms with E-state index >= 15 is 0 Å². The van der Waals surface area contributed by atoms with Crippen LogP contribution in [-0.2, 0) is 7.05 Å². The maximum atomic E-state index is 13.9. The van der Waals surface area contributed by atoms with Gasteiger partial charge < -0.3 is 15.0 Å². The minimum atomic E-state index is -0.839. The standard InChI is InChI=1S/C18H13ClF2N2O2/c1-23-9-13(14(19)8-18(23)24)12-7-11(22)3-5-16(12)25-17-4-2-10(20)6-15(17)21/h2-9H,22H2,1H3. The molecule has 0 saturated carbocycles. The van der Waals surface area contributed by atoms with E-state index in [-0.39, 0.29) is 22.1 Å². The fraction of sp³-hybridized carbons (Fsp3) is 0.0556. The van der Waals surface area contributed by atoms with Crippen molar-refractivity contribution >= 4 is 17.3 Å². The topological polar surface area (TPSA) is 57.2 Å². The van der Waals surface area contributed by atoms with Crippen molar-refractivity contribution in [1.29, 1.82) is 0 Å². The summed E-state index contributed by atoms with van der Waals surface area (Å²) in [7, 11) is 1.58. The molecule has 0 aliphatic heterocycles. The summed E-state index contributed by atoms with van der Waals surface area (Å²) >= 11 is 6.18. The van der Waals surface area contributed by atoms with Gasteiger partial charge >= 0.3 is 0 Å². The van der Waals surface area contributed by atoms with Crippen LogP contribution in [0.2, 0.25) is 5.02 Å². The van der Waals surface area contributed by atoms with Crippen LogP contribution in [0.4, 0.5) is 14.5 Å². The number of nitrogen functional groups attached to an aromatic ring is 1. The predicted octanol–water partition coefficient (Wildman–Crippen LogP) is 4.36. The van der Waals surface area contributed by atoms with Gasteiger partial charge in [-0.3, -0.25) is 4.79 Å². The van der Waals surface area contributed by atoms with Crippen molar-refractivity contribution in [2.45, 2.75) is 0 Å². The van der Waals surface area contributed by atoms with Gasteiger partial charge in [-0.05, 0) is 30.3 Å². The number of ether oxygens (including phenoxy) is 1. The molecule has 0 saturated heterocycles. The van der Waals surface area contributed by atoms with Gasteiger partial charge in [-0.15, -0.1) is 0 Å². The molecule has 4 nitrogen and oxygen atoms in total. The average molecular weight is 363 g/mol. The quantitative estimate of drug-likeness (QED) is 0.704. The zero-order chi connectivity index (χ0) is 18.1. The number of nitrogens with two attached hydrogens (primary N) is 1. The number of hydrogen-bond donors (Lipinski definition) is 1. The first-order valence-electron chi connectivity index (χ1n) is 7.24. The zero-order valence-electron chi connectivity index (χ0n) is 13.1. The Morgan fingerprint density at radius 1 is 1.04 bits per heavy atom. The van der Waals surface area contributed by atoms with E-state index in [4.69, 9.17) is 22.1 Å². The molecule has 0 aliphatic rings. The Hall–Kier alpha value is -2.86. The Morgan fingerprint density at radius 3 is 2.48 bits per heavy atom. The van der Waals surface area contributed by atoms with E-state index in [1.165, 1.54) is 22.9 Å². The molecule has 0 bridgehead atoms. The van der Waals surface area contributed by atoms with Crippen LogP contribution < -0.4 is 16.0 Å². The van der Waals surface area contributed by atoms with Crippen molar-refractivity contribution in [3.63, 3.8) is 0 Å². The number of benzene rings is 2. The Labute approximate surface area is 147 Å². The molecule has 128 valence electrons. The predicted molar refractivity (Wildman–Crippen MR) is 93.0 cm³/mol. The lowest BCUT2D eigenvalue weighted by atomic mass is 10.1. The highest BCUT2D eigenvalue weighted by Gasteiger charge is 2.15. The number of halogens is 3. The minimum Gasteiger partial charge on any atom is -0.454 e. The third-order valence-electron chi connectivity index (χ3n) is 3.59. The van der Waals surface area contributed by atoms with Gasteiger partial charge in [-0.1, -0.05) is 11.6 Å². The first-order valence-corrected chi connectivity index (χ1v) is 7.62. The van der Waals surface area contributed by atoms with Gasteiger partial charge in [0.25, 0.3) is 5.56 Å². The van der Waals surface area contributed by atoms with Crippen molar-refractivity contribution in [3.8, 4) is 22.6 Å². The molecule has 0 aliphatic carbocycles. The molecule has 3 aromatic rings. The second-order valence-corrected chi connectivity index (χ2v) is 5.82. The number of aryl methyl sites for hydroxylation is 1. The fourth-order valence-corrected chi connectivity index (χ4v) is 2.57. The summed E-state index contributed by atoms with van der Waals surface area (Å²) in [5.41, 5.74) is 6.97. The number of aromatic nitrogens is 1. The van der Waals surface area contributed by atoms with Gasteiger partial charge in [0, 0.05) is 42.2 Å². The van der Waals surface area contributed by atoms with Crippen LogP contribution in [-0.4, -0.2) is 4.57 Å². The molecule has 0 unspecified atom stereocenters. The van der Waals surface area contributed by atoms with Crippen LogP contribution in [0, 0.1) is 11.6 Å². The van der Waals surface area contributed by atoms with Crippen molar-refractivity contribution in [3.05, 3.63) is 75.7 Å². The Bertz CT molecular complexity index is 1020. The molecule has 25 heavy (non-hydrogen) atoms. The van der Waals surface area contributed by atoms with Gasteiger partial charge in [0.05, 0.1) is 5.02 Å². The molecular weight excluding hydrogens is 350 g/mol. The number of anilines is 1. The zero-order valence-corrected chi connectivity index (χ0v) is 13.8.